The lowest BCUT2D eigenvalue weighted by Gasteiger charge is -2.12. The largest absolute Gasteiger partial charge is 0.357 e. The molecule has 28 heavy (non-hydrogen) atoms. The molecule has 0 bridgehead atoms. The number of thioether (sulfide) groups is 1. The number of aromatic nitrogens is 2. The van der Waals surface area contributed by atoms with Gasteiger partial charge < -0.3 is 15.2 Å². The van der Waals surface area contributed by atoms with Gasteiger partial charge in [-0.15, -0.1) is 11.8 Å². The van der Waals surface area contributed by atoms with E-state index in [-0.39, 0.29) is 0 Å². The second-order valence-corrected chi connectivity index (χ2v) is 7.41. The SMILES string of the molecule is CCNC(=NCc1nccn1Cc1ccccc1)NCCSc1ccccc1. The van der Waals surface area contributed by atoms with Crippen LogP contribution in [0, 0.1) is 0 Å². The second-order valence-electron chi connectivity index (χ2n) is 6.24. The second kappa shape index (κ2) is 11.2. The Labute approximate surface area is 171 Å². The Balaban J connectivity index is 1.52. The predicted octanol–water partition coefficient (Wildman–Crippen LogP) is 3.78. The van der Waals surface area contributed by atoms with E-state index >= 15 is 0 Å². The maximum Gasteiger partial charge on any atom is 0.191 e. The monoisotopic (exact) mass is 393 g/mol. The first-order chi connectivity index (χ1) is 13.8. The minimum Gasteiger partial charge on any atom is -0.357 e. The Morgan fingerprint density at radius 2 is 1.79 bits per heavy atom. The Kier molecular flexibility index (Phi) is 8.00. The highest BCUT2D eigenvalue weighted by molar-refractivity contribution is 7.99. The number of aliphatic imine (C=N–C) groups is 1. The molecular formula is C22H27N5S. The smallest absolute Gasteiger partial charge is 0.191 e. The Hall–Kier alpha value is -2.73. The molecule has 0 atom stereocenters. The number of imidazole rings is 1. The van der Waals surface area contributed by atoms with Crippen molar-refractivity contribution < 1.29 is 0 Å². The van der Waals surface area contributed by atoms with Gasteiger partial charge in [-0.3, -0.25) is 0 Å². The summed E-state index contributed by atoms with van der Waals surface area (Å²) in [6.45, 7) is 5.11. The van der Waals surface area contributed by atoms with Crippen molar-refractivity contribution in [1.82, 2.24) is 20.2 Å². The minimum absolute atomic E-state index is 0.543. The molecule has 1 heterocycles. The summed E-state index contributed by atoms with van der Waals surface area (Å²) in [6.07, 6.45) is 3.85. The average Bonchev–Trinajstić information content (AvgIpc) is 3.17. The predicted molar refractivity (Wildman–Crippen MR) is 118 cm³/mol. The summed E-state index contributed by atoms with van der Waals surface area (Å²) < 4.78 is 2.15. The van der Waals surface area contributed by atoms with Gasteiger partial charge in [-0.05, 0) is 24.6 Å². The van der Waals surface area contributed by atoms with Crippen molar-refractivity contribution in [3.05, 3.63) is 84.4 Å². The van der Waals surface area contributed by atoms with Gasteiger partial charge in [0.1, 0.15) is 12.4 Å². The van der Waals surface area contributed by atoms with Crippen molar-refractivity contribution in [2.75, 3.05) is 18.8 Å². The van der Waals surface area contributed by atoms with Gasteiger partial charge in [0.2, 0.25) is 0 Å². The van der Waals surface area contributed by atoms with Crippen LogP contribution in [-0.2, 0) is 13.1 Å². The molecule has 0 saturated carbocycles. The van der Waals surface area contributed by atoms with Gasteiger partial charge in [0, 0.05) is 42.7 Å². The van der Waals surface area contributed by atoms with E-state index in [1.807, 2.05) is 36.3 Å². The van der Waals surface area contributed by atoms with Crippen molar-refractivity contribution in [3.63, 3.8) is 0 Å². The van der Waals surface area contributed by atoms with Gasteiger partial charge >= 0.3 is 0 Å². The van der Waals surface area contributed by atoms with Crippen LogP contribution in [0.4, 0.5) is 0 Å². The lowest BCUT2D eigenvalue weighted by Crippen LogP contribution is -2.38. The van der Waals surface area contributed by atoms with E-state index in [1.165, 1.54) is 10.5 Å². The molecule has 0 saturated heterocycles. The Bertz CT molecular complexity index is 846. The van der Waals surface area contributed by atoms with Gasteiger partial charge in [-0.2, -0.15) is 0 Å². The van der Waals surface area contributed by atoms with Crippen LogP contribution in [0.1, 0.15) is 18.3 Å². The third-order valence-corrected chi connectivity index (χ3v) is 5.14. The third kappa shape index (κ3) is 6.46. The lowest BCUT2D eigenvalue weighted by atomic mass is 10.2. The summed E-state index contributed by atoms with van der Waals surface area (Å²) in [5.41, 5.74) is 1.26. The molecule has 6 heteroatoms. The third-order valence-electron chi connectivity index (χ3n) is 4.13. The number of nitrogens with one attached hydrogen (secondary N) is 2. The molecule has 0 radical (unpaired) electrons. The minimum atomic E-state index is 0.543. The van der Waals surface area contributed by atoms with E-state index in [0.717, 1.165) is 37.2 Å². The molecular weight excluding hydrogens is 366 g/mol. The summed E-state index contributed by atoms with van der Waals surface area (Å²) in [7, 11) is 0. The van der Waals surface area contributed by atoms with Crippen molar-refractivity contribution in [2.24, 2.45) is 4.99 Å². The molecule has 0 aliphatic heterocycles. The van der Waals surface area contributed by atoms with Gasteiger partial charge in [0.15, 0.2) is 5.96 Å². The molecule has 5 nitrogen and oxygen atoms in total. The lowest BCUT2D eigenvalue weighted by molar-refractivity contribution is 0.718. The van der Waals surface area contributed by atoms with Crippen LogP contribution in [0.3, 0.4) is 0 Å². The van der Waals surface area contributed by atoms with E-state index in [0.29, 0.717) is 6.54 Å². The van der Waals surface area contributed by atoms with Gasteiger partial charge in [-0.25, -0.2) is 9.98 Å². The van der Waals surface area contributed by atoms with Gasteiger partial charge in [0.05, 0.1) is 0 Å². The molecule has 0 fully saturated rings. The van der Waals surface area contributed by atoms with Crippen molar-refractivity contribution in [1.29, 1.82) is 0 Å². The van der Waals surface area contributed by atoms with E-state index in [2.05, 4.69) is 75.6 Å². The van der Waals surface area contributed by atoms with Crippen molar-refractivity contribution >= 4 is 17.7 Å². The van der Waals surface area contributed by atoms with Gasteiger partial charge in [0.25, 0.3) is 0 Å². The van der Waals surface area contributed by atoms with Gasteiger partial charge in [-0.1, -0.05) is 48.5 Å². The van der Waals surface area contributed by atoms with Crippen molar-refractivity contribution in [3.8, 4) is 0 Å². The summed E-state index contributed by atoms with van der Waals surface area (Å²) in [5.74, 6) is 2.77. The topological polar surface area (TPSA) is 54.2 Å². The number of hydrogen-bond donors (Lipinski definition) is 2. The van der Waals surface area contributed by atoms with E-state index in [4.69, 9.17) is 4.99 Å². The van der Waals surface area contributed by atoms with Crippen LogP contribution >= 0.6 is 11.8 Å². The quantitative estimate of drug-likeness (QED) is 0.251. The van der Waals surface area contributed by atoms with E-state index in [9.17, 15) is 0 Å². The summed E-state index contributed by atoms with van der Waals surface area (Å²) in [4.78, 5) is 10.5. The normalized spacial score (nSPS) is 11.4. The first-order valence-corrected chi connectivity index (χ1v) is 10.6. The molecule has 0 aliphatic rings. The molecule has 3 aromatic rings. The Morgan fingerprint density at radius 3 is 2.54 bits per heavy atom. The fraction of sp³-hybridized carbons (Fsp3) is 0.273. The summed E-state index contributed by atoms with van der Waals surface area (Å²) in [6, 6.07) is 20.9. The fourth-order valence-electron chi connectivity index (χ4n) is 2.76. The standard InChI is InChI=1S/C22H27N5S/c1-2-23-22(25-14-16-28-20-11-7-4-8-12-20)26-17-21-24-13-15-27(21)18-19-9-5-3-6-10-19/h3-13,15H,2,14,16-18H2,1H3,(H2,23,25,26). The Morgan fingerprint density at radius 1 is 1.04 bits per heavy atom. The van der Waals surface area contributed by atoms with E-state index < -0.39 is 0 Å². The number of guanidine groups is 1. The molecule has 3 rings (SSSR count). The summed E-state index contributed by atoms with van der Waals surface area (Å²) in [5, 5.41) is 6.71. The summed E-state index contributed by atoms with van der Waals surface area (Å²) >= 11 is 1.84. The first-order valence-electron chi connectivity index (χ1n) is 9.59. The molecule has 2 aromatic carbocycles. The molecule has 146 valence electrons. The molecule has 0 aliphatic carbocycles. The maximum absolute atomic E-state index is 4.70. The van der Waals surface area contributed by atoms with Crippen LogP contribution in [0.15, 0.2) is 82.9 Å². The maximum atomic E-state index is 4.70. The molecule has 2 N–H and O–H groups in total. The fourth-order valence-corrected chi connectivity index (χ4v) is 3.55. The zero-order valence-electron chi connectivity index (χ0n) is 16.2. The zero-order chi connectivity index (χ0) is 19.4. The number of hydrogen-bond acceptors (Lipinski definition) is 3. The van der Waals surface area contributed by atoms with Crippen molar-refractivity contribution in [2.45, 2.75) is 24.9 Å². The number of benzene rings is 2. The van der Waals surface area contributed by atoms with Crippen LogP contribution < -0.4 is 10.6 Å². The molecule has 1 aromatic heterocycles. The van der Waals surface area contributed by atoms with E-state index in [1.54, 1.807) is 0 Å². The molecule has 0 amide bonds. The van der Waals surface area contributed by atoms with Crippen LogP contribution in [0.5, 0.6) is 0 Å². The zero-order valence-corrected chi connectivity index (χ0v) is 17.0. The number of rotatable bonds is 9. The van der Waals surface area contributed by atoms with Crippen LogP contribution in [0.25, 0.3) is 0 Å². The number of nitrogens with zero attached hydrogens (tertiary/aromatic N) is 3. The van der Waals surface area contributed by atoms with Crippen LogP contribution in [-0.4, -0.2) is 34.4 Å². The molecule has 0 spiro atoms. The highest BCUT2D eigenvalue weighted by Gasteiger charge is 2.04. The highest BCUT2D eigenvalue weighted by Crippen LogP contribution is 2.15. The molecule has 0 unspecified atom stereocenters. The average molecular weight is 394 g/mol. The first kappa shape index (κ1) is 20.0. The van der Waals surface area contributed by atoms with Crippen LogP contribution in [0.2, 0.25) is 0 Å². The highest BCUT2D eigenvalue weighted by atomic mass is 32.2.